The molecule has 5 nitrogen and oxygen atoms in total. The lowest BCUT2D eigenvalue weighted by atomic mass is 10.3. The van der Waals surface area contributed by atoms with Gasteiger partial charge in [-0.05, 0) is 25.5 Å². The zero-order valence-electron chi connectivity index (χ0n) is 11.1. The Kier molecular flexibility index (Phi) is 4.21. The lowest BCUT2D eigenvalue weighted by Crippen LogP contribution is -2.23. The fourth-order valence-corrected chi connectivity index (χ4v) is 2.28. The zero-order chi connectivity index (χ0) is 13.8. The van der Waals surface area contributed by atoms with E-state index in [9.17, 15) is 4.79 Å². The van der Waals surface area contributed by atoms with Crippen LogP contribution in [-0.2, 0) is 11.8 Å². The maximum absolute atomic E-state index is 12.0. The summed E-state index contributed by atoms with van der Waals surface area (Å²) in [4.78, 5) is 20.4. The van der Waals surface area contributed by atoms with E-state index < -0.39 is 0 Å². The van der Waals surface area contributed by atoms with Gasteiger partial charge in [0.2, 0.25) is 5.91 Å². The Morgan fingerprint density at radius 3 is 2.79 bits per heavy atom. The summed E-state index contributed by atoms with van der Waals surface area (Å²) in [5.41, 5.74) is 1.06. The van der Waals surface area contributed by atoms with Crippen LogP contribution >= 0.6 is 11.8 Å². The molecule has 1 unspecified atom stereocenters. The smallest absolute Gasteiger partial charge is 0.238 e. The van der Waals surface area contributed by atoms with Gasteiger partial charge < -0.3 is 9.88 Å². The number of hydrogen-bond donors (Lipinski definition) is 1. The Morgan fingerprint density at radius 2 is 2.21 bits per heavy atom. The van der Waals surface area contributed by atoms with Crippen LogP contribution in [0.25, 0.3) is 0 Å². The Balaban J connectivity index is 1.96. The topological polar surface area (TPSA) is 59.8 Å². The lowest BCUT2D eigenvalue weighted by molar-refractivity contribution is -0.115. The first-order valence-corrected chi connectivity index (χ1v) is 6.81. The molecular weight excluding hydrogens is 260 g/mol. The van der Waals surface area contributed by atoms with Crippen LogP contribution < -0.4 is 5.32 Å². The van der Waals surface area contributed by atoms with Crippen molar-refractivity contribution < 1.29 is 4.79 Å². The highest BCUT2D eigenvalue weighted by atomic mass is 32.2. The van der Waals surface area contributed by atoms with Crippen LogP contribution in [0.2, 0.25) is 0 Å². The molecule has 0 aliphatic heterocycles. The Hall–Kier alpha value is -1.82. The van der Waals surface area contributed by atoms with Gasteiger partial charge in [-0.1, -0.05) is 17.8 Å². The van der Waals surface area contributed by atoms with Gasteiger partial charge in [-0.25, -0.2) is 9.97 Å². The van der Waals surface area contributed by atoms with Crippen molar-refractivity contribution in [3.05, 3.63) is 36.3 Å². The van der Waals surface area contributed by atoms with E-state index in [1.54, 1.807) is 18.5 Å². The molecular formula is C13H16N4OS. The van der Waals surface area contributed by atoms with E-state index in [0.717, 1.165) is 10.7 Å². The molecule has 0 aromatic carbocycles. The van der Waals surface area contributed by atoms with Gasteiger partial charge in [0.05, 0.1) is 5.25 Å². The van der Waals surface area contributed by atoms with Crippen LogP contribution in [0.4, 0.5) is 5.82 Å². The molecule has 0 radical (unpaired) electrons. The summed E-state index contributed by atoms with van der Waals surface area (Å²) in [5, 5.41) is 3.38. The van der Waals surface area contributed by atoms with Crippen molar-refractivity contribution in [2.75, 3.05) is 5.32 Å². The molecule has 0 spiro atoms. The molecule has 1 atom stereocenters. The standard InChI is InChI=1S/C13H16N4OS/c1-9-4-5-11(15-8-9)16-12(18)10(2)19-13-14-6-7-17(13)3/h4-8,10H,1-3H3,(H,15,16,18). The Bertz CT molecular complexity index is 564. The number of carbonyl (C=O) groups excluding carboxylic acids is 1. The maximum atomic E-state index is 12.0. The fourth-order valence-electron chi connectivity index (χ4n) is 1.45. The highest BCUT2D eigenvalue weighted by Gasteiger charge is 2.16. The zero-order valence-corrected chi connectivity index (χ0v) is 11.9. The summed E-state index contributed by atoms with van der Waals surface area (Å²) in [7, 11) is 1.90. The molecule has 1 amide bonds. The van der Waals surface area contributed by atoms with Crippen molar-refractivity contribution in [3.8, 4) is 0 Å². The van der Waals surface area contributed by atoms with E-state index in [2.05, 4.69) is 15.3 Å². The third-order valence-corrected chi connectivity index (χ3v) is 3.76. The number of amides is 1. The third kappa shape index (κ3) is 3.57. The number of nitrogens with one attached hydrogen (secondary N) is 1. The van der Waals surface area contributed by atoms with E-state index >= 15 is 0 Å². The normalized spacial score (nSPS) is 12.2. The first-order chi connectivity index (χ1) is 9.06. The second-order valence-corrected chi connectivity index (χ2v) is 5.60. The lowest BCUT2D eigenvalue weighted by Gasteiger charge is -2.11. The minimum absolute atomic E-state index is 0.0793. The number of aryl methyl sites for hydroxylation is 2. The third-order valence-electron chi connectivity index (χ3n) is 2.59. The Labute approximate surface area is 116 Å². The number of aromatic nitrogens is 3. The largest absolute Gasteiger partial charge is 0.329 e. The summed E-state index contributed by atoms with van der Waals surface area (Å²) < 4.78 is 1.89. The molecule has 0 saturated carbocycles. The molecule has 0 aliphatic carbocycles. The van der Waals surface area contributed by atoms with E-state index in [4.69, 9.17) is 0 Å². The molecule has 2 aromatic heterocycles. The van der Waals surface area contributed by atoms with Crippen molar-refractivity contribution in [1.82, 2.24) is 14.5 Å². The van der Waals surface area contributed by atoms with Gasteiger partial charge in [0.1, 0.15) is 5.82 Å². The van der Waals surface area contributed by atoms with Crippen molar-refractivity contribution >= 4 is 23.5 Å². The monoisotopic (exact) mass is 276 g/mol. The maximum Gasteiger partial charge on any atom is 0.238 e. The number of anilines is 1. The summed E-state index contributed by atoms with van der Waals surface area (Å²) >= 11 is 1.42. The van der Waals surface area contributed by atoms with Crippen LogP contribution in [0, 0.1) is 6.92 Å². The first kappa shape index (κ1) is 13.6. The first-order valence-electron chi connectivity index (χ1n) is 5.94. The van der Waals surface area contributed by atoms with Crippen LogP contribution in [0.1, 0.15) is 12.5 Å². The fraction of sp³-hybridized carbons (Fsp3) is 0.308. The molecule has 19 heavy (non-hydrogen) atoms. The van der Waals surface area contributed by atoms with E-state index in [1.807, 2.05) is 37.7 Å². The molecule has 2 heterocycles. The number of rotatable bonds is 4. The van der Waals surface area contributed by atoms with Crippen LogP contribution in [-0.4, -0.2) is 25.7 Å². The molecule has 6 heteroatoms. The van der Waals surface area contributed by atoms with Gasteiger partial charge in [0.25, 0.3) is 0 Å². The molecule has 2 rings (SSSR count). The van der Waals surface area contributed by atoms with E-state index in [0.29, 0.717) is 5.82 Å². The van der Waals surface area contributed by atoms with Crippen molar-refractivity contribution in [3.63, 3.8) is 0 Å². The number of carbonyl (C=O) groups is 1. The minimum atomic E-state index is -0.232. The molecule has 0 bridgehead atoms. The summed E-state index contributed by atoms with van der Waals surface area (Å²) in [5.74, 6) is 0.493. The molecule has 1 N–H and O–H groups in total. The van der Waals surface area contributed by atoms with Gasteiger partial charge >= 0.3 is 0 Å². The van der Waals surface area contributed by atoms with Crippen molar-refractivity contribution in [2.24, 2.45) is 7.05 Å². The predicted octanol–water partition coefficient (Wildman–Crippen LogP) is 2.24. The summed E-state index contributed by atoms with van der Waals surface area (Å²) in [6.07, 6.45) is 5.30. The molecule has 100 valence electrons. The second kappa shape index (κ2) is 5.88. The highest BCUT2D eigenvalue weighted by Crippen LogP contribution is 2.21. The van der Waals surface area contributed by atoms with Crippen molar-refractivity contribution in [1.29, 1.82) is 0 Å². The molecule has 0 fully saturated rings. The van der Waals surface area contributed by atoms with Gasteiger partial charge in [0.15, 0.2) is 5.16 Å². The Morgan fingerprint density at radius 1 is 1.42 bits per heavy atom. The summed E-state index contributed by atoms with van der Waals surface area (Å²) in [6.45, 7) is 3.81. The van der Waals surface area contributed by atoms with Crippen LogP contribution in [0.15, 0.2) is 35.9 Å². The van der Waals surface area contributed by atoms with Crippen LogP contribution in [0.3, 0.4) is 0 Å². The number of imidazole rings is 1. The molecule has 2 aromatic rings. The van der Waals surface area contributed by atoms with Crippen molar-refractivity contribution in [2.45, 2.75) is 24.3 Å². The predicted molar refractivity (Wildman–Crippen MR) is 76.1 cm³/mol. The van der Waals surface area contributed by atoms with Gasteiger partial charge in [-0.2, -0.15) is 0 Å². The summed E-state index contributed by atoms with van der Waals surface area (Å²) in [6, 6.07) is 3.71. The average molecular weight is 276 g/mol. The van der Waals surface area contributed by atoms with E-state index in [1.165, 1.54) is 11.8 Å². The SMILES string of the molecule is Cc1ccc(NC(=O)C(C)Sc2nccn2C)nc1. The average Bonchev–Trinajstić information content (AvgIpc) is 2.78. The van der Waals surface area contributed by atoms with E-state index in [-0.39, 0.29) is 11.2 Å². The van der Waals surface area contributed by atoms with Gasteiger partial charge in [-0.3, -0.25) is 4.79 Å². The quantitative estimate of drug-likeness (QED) is 0.870. The number of hydrogen-bond acceptors (Lipinski definition) is 4. The minimum Gasteiger partial charge on any atom is -0.329 e. The van der Waals surface area contributed by atoms with Crippen LogP contribution in [0.5, 0.6) is 0 Å². The second-order valence-electron chi connectivity index (χ2n) is 4.29. The molecule has 0 saturated heterocycles. The van der Waals surface area contributed by atoms with Gasteiger partial charge in [0, 0.05) is 25.6 Å². The highest BCUT2D eigenvalue weighted by molar-refractivity contribution is 8.00. The number of nitrogens with zero attached hydrogens (tertiary/aromatic N) is 3. The molecule has 0 aliphatic rings. The number of thioether (sulfide) groups is 1. The van der Waals surface area contributed by atoms with Gasteiger partial charge in [-0.15, -0.1) is 0 Å². The number of pyridine rings is 1.